The Balaban J connectivity index is 1.93. The lowest BCUT2D eigenvalue weighted by atomic mass is 10.3. The summed E-state index contributed by atoms with van der Waals surface area (Å²) in [5.74, 6) is -0.626. The van der Waals surface area contributed by atoms with Gasteiger partial charge in [-0.25, -0.2) is 9.37 Å². The normalized spacial score (nSPS) is 10.3. The number of halogens is 2. The first kappa shape index (κ1) is 14.6. The van der Waals surface area contributed by atoms with E-state index in [0.717, 1.165) is 0 Å². The number of anilines is 2. The Morgan fingerprint density at radius 1 is 1.45 bits per heavy atom. The molecule has 0 radical (unpaired) electrons. The third kappa shape index (κ3) is 3.85. The number of carbonyl (C=O) groups is 1. The summed E-state index contributed by atoms with van der Waals surface area (Å²) < 4.78 is 13.0. The number of nitrogens with one attached hydrogen (secondary N) is 1. The molecule has 0 spiro atoms. The Bertz CT molecular complexity index is 639. The van der Waals surface area contributed by atoms with E-state index in [9.17, 15) is 9.18 Å². The lowest BCUT2D eigenvalue weighted by Crippen LogP contribution is -2.14. The third-order valence-electron chi connectivity index (χ3n) is 2.34. The van der Waals surface area contributed by atoms with E-state index in [4.69, 9.17) is 17.3 Å². The van der Waals surface area contributed by atoms with E-state index in [2.05, 4.69) is 10.3 Å². The number of pyridine rings is 1. The third-order valence-corrected chi connectivity index (χ3v) is 3.65. The number of nitrogens with two attached hydrogens (primary N) is 1. The van der Waals surface area contributed by atoms with Gasteiger partial charge in [-0.05, 0) is 30.3 Å². The lowest BCUT2D eigenvalue weighted by molar-refractivity contribution is -0.113. The SMILES string of the molecule is Nc1cccnc1SCC(=O)Nc1ccc(F)c(Cl)c1. The molecule has 0 saturated carbocycles. The first-order valence-electron chi connectivity index (χ1n) is 5.64. The Kier molecular flexibility index (Phi) is 4.81. The zero-order valence-corrected chi connectivity index (χ0v) is 11.8. The summed E-state index contributed by atoms with van der Waals surface area (Å²) in [4.78, 5) is 15.8. The molecular weight excluding hydrogens is 301 g/mol. The largest absolute Gasteiger partial charge is 0.397 e. The fourth-order valence-corrected chi connectivity index (χ4v) is 2.32. The van der Waals surface area contributed by atoms with Crippen LogP contribution in [0.2, 0.25) is 5.02 Å². The van der Waals surface area contributed by atoms with Crippen molar-refractivity contribution in [2.45, 2.75) is 5.03 Å². The molecule has 2 rings (SSSR count). The van der Waals surface area contributed by atoms with Crippen molar-refractivity contribution in [1.29, 1.82) is 0 Å². The molecule has 0 fully saturated rings. The molecule has 7 heteroatoms. The van der Waals surface area contributed by atoms with Gasteiger partial charge in [0.15, 0.2) is 0 Å². The minimum Gasteiger partial charge on any atom is -0.397 e. The molecule has 4 nitrogen and oxygen atoms in total. The lowest BCUT2D eigenvalue weighted by Gasteiger charge is -2.06. The van der Waals surface area contributed by atoms with Crippen molar-refractivity contribution < 1.29 is 9.18 Å². The van der Waals surface area contributed by atoms with Crippen molar-refractivity contribution in [3.63, 3.8) is 0 Å². The molecule has 1 amide bonds. The van der Waals surface area contributed by atoms with Crippen molar-refractivity contribution >= 4 is 40.6 Å². The minimum absolute atomic E-state index is 0.0376. The van der Waals surface area contributed by atoms with Gasteiger partial charge in [0.05, 0.1) is 16.5 Å². The smallest absolute Gasteiger partial charge is 0.234 e. The number of thioether (sulfide) groups is 1. The number of hydrogen-bond acceptors (Lipinski definition) is 4. The van der Waals surface area contributed by atoms with E-state index in [1.165, 1.54) is 30.0 Å². The van der Waals surface area contributed by atoms with Gasteiger partial charge in [0, 0.05) is 11.9 Å². The molecule has 0 aliphatic heterocycles. The fourth-order valence-electron chi connectivity index (χ4n) is 1.43. The number of benzene rings is 1. The maximum absolute atomic E-state index is 13.0. The number of nitrogens with zero attached hydrogens (tertiary/aromatic N) is 1. The first-order chi connectivity index (χ1) is 9.56. The number of aromatic nitrogens is 1. The average molecular weight is 312 g/mol. The second-order valence-corrected chi connectivity index (χ2v) is 5.23. The van der Waals surface area contributed by atoms with Crippen molar-refractivity contribution in [3.8, 4) is 0 Å². The number of rotatable bonds is 4. The molecule has 0 atom stereocenters. The van der Waals surface area contributed by atoms with Gasteiger partial charge in [0.2, 0.25) is 5.91 Å². The van der Waals surface area contributed by atoms with Crippen LogP contribution in [0.25, 0.3) is 0 Å². The van der Waals surface area contributed by atoms with Crippen LogP contribution in [0.5, 0.6) is 0 Å². The zero-order valence-electron chi connectivity index (χ0n) is 10.3. The Morgan fingerprint density at radius 2 is 2.25 bits per heavy atom. The topological polar surface area (TPSA) is 68.0 Å². The maximum atomic E-state index is 13.0. The van der Waals surface area contributed by atoms with Gasteiger partial charge in [0.1, 0.15) is 10.8 Å². The van der Waals surface area contributed by atoms with Crippen LogP contribution in [-0.4, -0.2) is 16.6 Å². The van der Waals surface area contributed by atoms with Crippen LogP contribution in [0.4, 0.5) is 15.8 Å². The van der Waals surface area contributed by atoms with Gasteiger partial charge < -0.3 is 11.1 Å². The second-order valence-electron chi connectivity index (χ2n) is 3.86. The van der Waals surface area contributed by atoms with Crippen molar-refractivity contribution in [3.05, 3.63) is 47.4 Å². The van der Waals surface area contributed by atoms with Crippen molar-refractivity contribution in [2.75, 3.05) is 16.8 Å². The van der Waals surface area contributed by atoms with E-state index in [1.807, 2.05) is 0 Å². The van der Waals surface area contributed by atoms with E-state index in [1.54, 1.807) is 18.3 Å². The maximum Gasteiger partial charge on any atom is 0.234 e. The standard InChI is InChI=1S/C13H11ClFN3OS/c14-9-6-8(3-4-10(9)15)18-12(19)7-20-13-11(16)2-1-5-17-13/h1-6H,7,16H2,(H,18,19). The molecule has 1 aromatic carbocycles. The highest BCUT2D eigenvalue weighted by Gasteiger charge is 2.08. The monoisotopic (exact) mass is 311 g/mol. The van der Waals surface area contributed by atoms with Gasteiger partial charge in [-0.1, -0.05) is 23.4 Å². The molecule has 0 aliphatic carbocycles. The van der Waals surface area contributed by atoms with Gasteiger partial charge >= 0.3 is 0 Å². The van der Waals surface area contributed by atoms with Crippen molar-refractivity contribution in [2.24, 2.45) is 0 Å². The predicted molar refractivity (Wildman–Crippen MR) is 79.4 cm³/mol. The first-order valence-corrected chi connectivity index (χ1v) is 7.01. The average Bonchev–Trinajstić information content (AvgIpc) is 2.42. The molecule has 3 N–H and O–H groups in total. The summed E-state index contributed by atoms with van der Waals surface area (Å²) in [5.41, 5.74) is 6.69. The summed E-state index contributed by atoms with van der Waals surface area (Å²) in [6.07, 6.45) is 1.61. The van der Waals surface area contributed by atoms with Crippen LogP contribution in [0.1, 0.15) is 0 Å². The van der Waals surface area contributed by atoms with E-state index >= 15 is 0 Å². The van der Waals surface area contributed by atoms with Crippen LogP contribution in [0.3, 0.4) is 0 Å². The Morgan fingerprint density at radius 3 is 2.95 bits per heavy atom. The van der Waals surface area contributed by atoms with Crippen LogP contribution in [-0.2, 0) is 4.79 Å². The quantitative estimate of drug-likeness (QED) is 0.851. The van der Waals surface area contributed by atoms with E-state index < -0.39 is 5.82 Å². The molecule has 104 valence electrons. The number of hydrogen-bond donors (Lipinski definition) is 2. The Hall–Kier alpha value is -1.79. The molecule has 1 heterocycles. The summed E-state index contributed by atoms with van der Waals surface area (Å²) in [6.45, 7) is 0. The number of amides is 1. The van der Waals surface area contributed by atoms with Gasteiger partial charge in [-0.15, -0.1) is 0 Å². The summed E-state index contributed by atoms with van der Waals surface area (Å²) >= 11 is 6.86. The minimum atomic E-state index is -0.528. The Labute approximate surface area is 124 Å². The summed E-state index contributed by atoms with van der Waals surface area (Å²) in [6, 6.07) is 7.43. The van der Waals surface area contributed by atoms with Gasteiger partial charge in [-0.2, -0.15) is 0 Å². The highest BCUT2D eigenvalue weighted by molar-refractivity contribution is 8.00. The van der Waals surface area contributed by atoms with Crippen LogP contribution in [0, 0.1) is 5.82 Å². The van der Waals surface area contributed by atoms with Gasteiger partial charge in [-0.3, -0.25) is 4.79 Å². The molecule has 20 heavy (non-hydrogen) atoms. The molecular formula is C13H11ClFN3OS. The molecule has 0 bridgehead atoms. The van der Waals surface area contributed by atoms with Crippen LogP contribution < -0.4 is 11.1 Å². The second kappa shape index (κ2) is 6.58. The molecule has 1 aromatic heterocycles. The molecule has 2 aromatic rings. The number of nitrogen functional groups attached to an aromatic ring is 1. The van der Waals surface area contributed by atoms with Gasteiger partial charge in [0.25, 0.3) is 0 Å². The van der Waals surface area contributed by atoms with E-state index in [-0.39, 0.29) is 16.7 Å². The molecule has 0 unspecified atom stereocenters. The van der Waals surface area contributed by atoms with Crippen molar-refractivity contribution in [1.82, 2.24) is 4.98 Å². The highest BCUT2D eigenvalue weighted by Crippen LogP contribution is 2.22. The van der Waals surface area contributed by atoms with E-state index in [0.29, 0.717) is 16.4 Å². The summed E-state index contributed by atoms with van der Waals surface area (Å²) in [5, 5.41) is 3.18. The van der Waals surface area contributed by atoms with Crippen LogP contribution in [0.15, 0.2) is 41.6 Å². The summed E-state index contributed by atoms with van der Waals surface area (Å²) in [7, 11) is 0. The zero-order chi connectivity index (χ0) is 14.5. The van der Waals surface area contributed by atoms with Crippen LogP contribution >= 0.6 is 23.4 Å². The molecule has 0 saturated heterocycles. The number of carbonyl (C=O) groups excluding carboxylic acids is 1. The fraction of sp³-hybridized carbons (Fsp3) is 0.0769. The highest BCUT2D eigenvalue weighted by atomic mass is 35.5. The predicted octanol–water partition coefficient (Wildman–Crippen LogP) is 3.19. The molecule has 0 aliphatic rings.